The van der Waals surface area contributed by atoms with E-state index in [4.69, 9.17) is 0 Å². The van der Waals surface area contributed by atoms with E-state index in [-0.39, 0.29) is 5.82 Å². The molecule has 0 aliphatic rings. The van der Waals surface area contributed by atoms with Crippen LogP contribution in [0.5, 0.6) is 0 Å². The van der Waals surface area contributed by atoms with Crippen LogP contribution in [0, 0.1) is 12.7 Å². The van der Waals surface area contributed by atoms with Gasteiger partial charge in [0.1, 0.15) is 5.82 Å². The average molecular weight is 370 g/mol. The number of nitrogens with zero attached hydrogens (tertiary/aromatic N) is 1. The zero-order chi connectivity index (χ0) is 15.2. The van der Waals surface area contributed by atoms with Crippen LogP contribution in [0.4, 0.5) is 4.39 Å². The van der Waals surface area contributed by atoms with E-state index in [1.54, 1.807) is 31.4 Å². The van der Waals surface area contributed by atoms with E-state index in [2.05, 4.69) is 37.6 Å². The second-order valence-electron chi connectivity index (χ2n) is 4.57. The quantitative estimate of drug-likeness (QED) is 0.634. The van der Waals surface area contributed by atoms with Crippen molar-refractivity contribution in [3.63, 3.8) is 0 Å². The Kier molecular flexibility index (Phi) is 5.76. The van der Waals surface area contributed by atoms with Gasteiger partial charge in [0.15, 0.2) is 5.96 Å². The van der Waals surface area contributed by atoms with E-state index in [1.165, 1.54) is 10.9 Å². The Hall–Kier alpha value is -1.40. The summed E-state index contributed by atoms with van der Waals surface area (Å²) in [4.78, 5) is 5.40. The standard InChI is InChI=1S/C15H17BrFN3S/c1-10-7-11(3-5-13(10)17)8-19-15(18-2)20-9-12-4-6-14(16)21-12/h3-7H,8-9H2,1-2H3,(H2,18,19,20). The lowest BCUT2D eigenvalue weighted by atomic mass is 10.1. The van der Waals surface area contributed by atoms with Crippen LogP contribution in [0.25, 0.3) is 0 Å². The molecular formula is C15H17BrFN3S. The van der Waals surface area contributed by atoms with Crippen molar-refractivity contribution in [2.75, 3.05) is 7.05 Å². The molecule has 0 amide bonds. The van der Waals surface area contributed by atoms with Gasteiger partial charge in [0.05, 0.1) is 10.3 Å². The molecule has 2 rings (SSSR count). The Labute approximate surface area is 136 Å². The minimum atomic E-state index is -0.176. The number of hydrogen-bond acceptors (Lipinski definition) is 2. The van der Waals surface area contributed by atoms with Crippen LogP contribution in [0.3, 0.4) is 0 Å². The molecule has 0 bridgehead atoms. The second kappa shape index (κ2) is 7.56. The van der Waals surface area contributed by atoms with Crippen molar-refractivity contribution in [1.29, 1.82) is 0 Å². The Bertz CT molecular complexity index is 640. The topological polar surface area (TPSA) is 36.4 Å². The molecule has 1 heterocycles. The highest BCUT2D eigenvalue weighted by Crippen LogP contribution is 2.21. The summed E-state index contributed by atoms with van der Waals surface area (Å²) in [6.07, 6.45) is 0. The number of guanidine groups is 1. The van der Waals surface area contributed by atoms with Gasteiger partial charge in [-0.1, -0.05) is 12.1 Å². The molecule has 0 saturated carbocycles. The molecule has 6 heteroatoms. The van der Waals surface area contributed by atoms with Crippen LogP contribution < -0.4 is 10.6 Å². The highest BCUT2D eigenvalue weighted by atomic mass is 79.9. The molecule has 0 unspecified atom stereocenters. The van der Waals surface area contributed by atoms with Crippen LogP contribution >= 0.6 is 27.3 Å². The molecule has 112 valence electrons. The highest BCUT2D eigenvalue weighted by Gasteiger charge is 2.03. The van der Waals surface area contributed by atoms with Gasteiger partial charge in [0.25, 0.3) is 0 Å². The maximum Gasteiger partial charge on any atom is 0.191 e. The number of nitrogens with one attached hydrogen (secondary N) is 2. The summed E-state index contributed by atoms with van der Waals surface area (Å²) in [5, 5.41) is 6.47. The molecule has 0 aliphatic carbocycles. The number of halogens is 2. The summed E-state index contributed by atoms with van der Waals surface area (Å²) >= 11 is 5.13. The molecule has 0 fully saturated rings. The van der Waals surface area contributed by atoms with Crippen molar-refractivity contribution in [1.82, 2.24) is 10.6 Å². The summed E-state index contributed by atoms with van der Waals surface area (Å²) in [6, 6.07) is 9.20. The van der Waals surface area contributed by atoms with E-state index in [0.717, 1.165) is 21.9 Å². The second-order valence-corrected chi connectivity index (χ2v) is 7.12. The van der Waals surface area contributed by atoms with Gasteiger partial charge in [0.2, 0.25) is 0 Å². The van der Waals surface area contributed by atoms with Crippen LogP contribution in [-0.2, 0) is 13.1 Å². The monoisotopic (exact) mass is 369 g/mol. The first kappa shape index (κ1) is 16.0. The number of thiophene rings is 1. The van der Waals surface area contributed by atoms with Gasteiger partial charge in [-0.15, -0.1) is 11.3 Å². The SMILES string of the molecule is CN=C(NCc1ccc(F)c(C)c1)NCc1ccc(Br)s1. The Balaban J connectivity index is 1.86. The zero-order valence-electron chi connectivity index (χ0n) is 11.9. The van der Waals surface area contributed by atoms with Gasteiger partial charge in [-0.25, -0.2) is 4.39 Å². The molecule has 1 aromatic heterocycles. The summed E-state index contributed by atoms with van der Waals surface area (Å²) in [7, 11) is 1.73. The molecule has 0 radical (unpaired) electrons. The fourth-order valence-electron chi connectivity index (χ4n) is 1.84. The fraction of sp³-hybridized carbons (Fsp3) is 0.267. The van der Waals surface area contributed by atoms with Gasteiger partial charge < -0.3 is 10.6 Å². The predicted molar refractivity (Wildman–Crippen MR) is 90.2 cm³/mol. The maximum atomic E-state index is 13.2. The van der Waals surface area contributed by atoms with E-state index < -0.39 is 0 Å². The Morgan fingerprint density at radius 2 is 2.00 bits per heavy atom. The van der Waals surface area contributed by atoms with Crippen molar-refractivity contribution < 1.29 is 4.39 Å². The summed E-state index contributed by atoms with van der Waals surface area (Å²) in [5.41, 5.74) is 1.68. The van der Waals surface area contributed by atoms with Crippen molar-refractivity contribution >= 4 is 33.2 Å². The lowest BCUT2D eigenvalue weighted by Crippen LogP contribution is -2.36. The first-order chi connectivity index (χ1) is 10.1. The molecule has 0 spiro atoms. The number of aryl methyl sites for hydroxylation is 1. The summed E-state index contributed by atoms with van der Waals surface area (Å²) in [5.74, 6) is 0.547. The Morgan fingerprint density at radius 3 is 2.62 bits per heavy atom. The third-order valence-electron chi connectivity index (χ3n) is 2.96. The smallest absolute Gasteiger partial charge is 0.191 e. The van der Waals surface area contributed by atoms with Gasteiger partial charge in [-0.2, -0.15) is 0 Å². The molecule has 0 atom stereocenters. The van der Waals surface area contributed by atoms with E-state index in [1.807, 2.05) is 12.1 Å². The molecule has 0 saturated heterocycles. The molecule has 0 aliphatic heterocycles. The average Bonchev–Trinajstić information content (AvgIpc) is 2.88. The predicted octanol–water partition coefficient (Wildman–Crippen LogP) is 3.82. The van der Waals surface area contributed by atoms with Crippen LogP contribution in [0.15, 0.2) is 39.1 Å². The van der Waals surface area contributed by atoms with Crippen molar-refractivity contribution in [2.45, 2.75) is 20.0 Å². The number of rotatable bonds is 4. The van der Waals surface area contributed by atoms with Crippen molar-refractivity contribution in [3.05, 3.63) is 55.9 Å². The van der Waals surface area contributed by atoms with Crippen molar-refractivity contribution in [2.24, 2.45) is 4.99 Å². The van der Waals surface area contributed by atoms with Gasteiger partial charge in [-0.05, 0) is 52.2 Å². The number of aliphatic imine (C=N–C) groups is 1. The minimum absolute atomic E-state index is 0.176. The third-order valence-corrected chi connectivity index (χ3v) is 4.59. The zero-order valence-corrected chi connectivity index (χ0v) is 14.3. The van der Waals surface area contributed by atoms with E-state index in [0.29, 0.717) is 12.1 Å². The van der Waals surface area contributed by atoms with Gasteiger partial charge >= 0.3 is 0 Å². The number of benzene rings is 1. The molecule has 21 heavy (non-hydrogen) atoms. The lowest BCUT2D eigenvalue weighted by molar-refractivity contribution is 0.617. The Morgan fingerprint density at radius 1 is 1.24 bits per heavy atom. The number of hydrogen-bond donors (Lipinski definition) is 2. The summed E-state index contributed by atoms with van der Waals surface area (Å²) in [6.45, 7) is 3.09. The van der Waals surface area contributed by atoms with Crippen molar-refractivity contribution in [3.8, 4) is 0 Å². The summed E-state index contributed by atoms with van der Waals surface area (Å²) < 4.78 is 14.3. The molecule has 1 aromatic carbocycles. The van der Waals surface area contributed by atoms with Crippen LogP contribution in [-0.4, -0.2) is 13.0 Å². The van der Waals surface area contributed by atoms with Crippen LogP contribution in [0.1, 0.15) is 16.0 Å². The first-order valence-electron chi connectivity index (χ1n) is 6.52. The molecule has 2 aromatic rings. The highest BCUT2D eigenvalue weighted by molar-refractivity contribution is 9.11. The maximum absolute atomic E-state index is 13.2. The fourth-order valence-corrected chi connectivity index (χ4v) is 3.26. The van der Waals surface area contributed by atoms with Gasteiger partial charge in [0, 0.05) is 18.5 Å². The van der Waals surface area contributed by atoms with Crippen LogP contribution in [0.2, 0.25) is 0 Å². The normalized spacial score (nSPS) is 11.5. The minimum Gasteiger partial charge on any atom is -0.352 e. The molecular weight excluding hydrogens is 353 g/mol. The lowest BCUT2D eigenvalue weighted by Gasteiger charge is -2.11. The largest absolute Gasteiger partial charge is 0.352 e. The van der Waals surface area contributed by atoms with Gasteiger partial charge in [-0.3, -0.25) is 4.99 Å². The van der Waals surface area contributed by atoms with E-state index >= 15 is 0 Å². The van der Waals surface area contributed by atoms with E-state index in [9.17, 15) is 4.39 Å². The first-order valence-corrected chi connectivity index (χ1v) is 8.13. The molecule has 3 nitrogen and oxygen atoms in total. The molecule has 2 N–H and O–H groups in total. The third kappa shape index (κ3) is 4.82.